The third-order valence-electron chi connectivity index (χ3n) is 3.26. The van der Waals surface area contributed by atoms with E-state index in [0.29, 0.717) is 0 Å². The van der Waals surface area contributed by atoms with Crippen molar-refractivity contribution in [2.75, 3.05) is 31.1 Å². The molecule has 1 aromatic rings. The summed E-state index contributed by atoms with van der Waals surface area (Å²) in [6, 6.07) is -0.409. The first-order valence-corrected chi connectivity index (χ1v) is 6.93. The van der Waals surface area contributed by atoms with Crippen molar-refractivity contribution in [2.24, 2.45) is 0 Å². The van der Waals surface area contributed by atoms with Crippen molar-refractivity contribution in [3.05, 3.63) is 5.82 Å². The van der Waals surface area contributed by atoms with Gasteiger partial charge in [0.05, 0.1) is 0 Å². The van der Waals surface area contributed by atoms with E-state index in [-0.39, 0.29) is 0 Å². The highest BCUT2D eigenvalue weighted by Crippen LogP contribution is 2.19. The summed E-state index contributed by atoms with van der Waals surface area (Å²) in [5.41, 5.74) is 0. The van der Waals surface area contributed by atoms with Crippen LogP contribution in [-0.2, 0) is 11.2 Å². The molecule has 6 nitrogen and oxygen atoms in total. The normalized spacial score (nSPS) is 18.9. The molecule has 0 aliphatic carbocycles. The molecule has 0 unspecified atom stereocenters. The quantitative estimate of drug-likeness (QED) is 0.868. The zero-order chi connectivity index (χ0) is 13.1. The number of carbonyl (C=O) groups is 1. The Morgan fingerprint density at radius 2 is 2.11 bits per heavy atom. The number of carboxylic acid groups (broad SMARTS) is 1. The van der Waals surface area contributed by atoms with Crippen molar-refractivity contribution in [2.45, 2.75) is 26.3 Å². The Hall–Kier alpha value is -1.21. The van der Waals surface area contributed by atoms with Crippen LogP contribution in [0.1, 0.15) is 19.7 Å². The van der Waals surface area contributed by atoms with Crippen LogP contribution >= 0.6 is 11.5 Å². The van der Waals surface area contributed by atoms with Crippen molar-refractivity contribution in [3.8, 4) is 0 Å². The van der Waals surface area contributed by atoms with E-state index in [0.717, 1.165) is 43.6 Å². The summed E-state index contributed by atoms with van der Waals surface area (Å²) in [6.45, 7) is 6.92. The van der Waals surface area contributed by atoms with Gasteiger partial charge in [-0.15, -0.1) is 0 Å². The largest absolute Gasteiger partial charge is 0.480 e. The molecule has 1 aliphatic heterocycles. The first-order valence-electron chi connectivity index (χ1n) is 6.16. The summed E-state index contributed by atoms with van der Waals surface area (Å²) in [6.07, 6.45) is 0.854. The van der Waals surface area contributed by atoms with Gasteiger partial charge in [0.2, 0.25) is 5.13 Å². The minimum Gasteiger partial charge on any atom is -0.480 e. The van der Waals surface area contributed by atoms with Gasteiger partial charge in [-0.3, -0.25) is 9.69 Å². The first-order chi connectivity index (χ1) is 8.61. The number of aromatic nitrogens is 2. The average Bonchev–Trinajstić information content (AvgIpc) is 2.86. The Balaban J connectivity index is 1.92. The van der Waals surface area contributed by atoms with E-state index >= 15 is 0 Å². The fraction of sp³-hybridized carbons (Fsp3) is 0.727. The lowest BCUT2D eigenvalue weighted by Gasteiger charge is -2.36. The average molecular weight is 270 g/mol. The van der Waals surface area contributed by atoms with Gasteiger partial charge >= 0.3 is 5.97 Å². The maximum atomic E-state index is 10.9. The predicted molar refractivity (Wildman–Crippen MR) is 70.2 cm³/mol. The Morgan fingerprint density at radius 1 is 1.44 bits per heavy atom. The molecule has 1 fully saturated rings. The fourth-order valence-corrected chi connectivity index (χ4v) is 2.77. The molecular formula is C11H18N4O2S. The molecule has 1 aromatic heterocycles. The van der Waals surface area contributed by atoms with Crippen molar-refractivity contribution in [3.63, 3.8) is 0 Å². The SMILES string of the molecule is CCc1nsc(N2CCN([C@@H](C)C(=O)O)CC2)n1. The minimum atomic E-state index is -0.757. The molecule has 1 N–H and O–H groups in total. The van der Waals surface area contributed by atoms with Gasteiger partial charge in [0.25, 0.3) is 0 Å². The predicted octanol–water partition coefficient (Wildman–Crippen LogP) is 0.696. The lowest BCUT2D eigenvalue weighted by atomic mass is 10.2. The Bertz CT molecular complexity index is 415. The number of piperazine rings is 1. The van der Waals surface area contributed by atoms with Crippen LogP contribution in [0.15, 0.2) is 0 Å². The van der Waals surface area contributed by atoms with Crippen LogP contribution in [0.3, 0.4) is 0 Å². The van der Waals surface area contributed by atoms with E-state index in [1.54, 1.807) is 6.92 Å². The fourth-order valence-electron chi connectivity index (χ4n) is 1.97. The molecule has 0 amide bonds. The van der Waals surface area contributed by atoms with Gasteiger partial charge in [-0.25, -0.2) is 4.98 Å². The van der Waals surface area contributed by atoms with Crippen molar-refractivity contribution in [1.82, 2.24) is 14.3 Å². The number of hydrogen-bond acceptors (Lipinski definition) is 6. The van der Waals surface area contributed by atoms with Crippen LogP contribution < -0.4 is 4.90 Å². The van der Waals surface area contributed by atoms with Crippen LogP contribution in [0.4, 0.5) is 5.13 Å². The van der Waals surface area contributed by atoms with Gasteiger partial charge in [0, 0.05) is 44.1 Å². The minimum absolute atomic E-state index is 0.409. The maximum absolute atomic E-state index is 10.9. The molecule has 0 saturated carbocycles. The second-order valence-electron chi connectivity index (χ2n) is 4.38. The zero-order valence-electron chi connectivity index (χ0n) is 10.7. The van der Waals surface area contributed by atoms with Crippen LogP contribution in [0.25, 0.3) is 0 Å². The zero-order valence-corrected chi connectivity index (χ0v) is 11.5. The molecule has 18 heavy (non-hydrogen) atoms. The lowest BCUT2D eigenvalue weighted by molar-refractivity contribution is -0.142. The Morgan fingerprint density at radius 3 is 2.61 bits per heavy atom. The molecule has 1 saturated heterocycles. The van der Waals surface area contributed by atoms with Gasteiger partial charge < -0.3 is 10.0 Å². The second kappa shape index (κ2) is 5.62. The number of rotatable bonds is 4. The smallest absolute Gasteiger partial charge is 0.320 e. The highest BCUT2D eigenvalue weighted by atomic mass is 32.1. The number of anilines is 1. The van der Waals surface area contributed by atoms with Crippen molar-refractivity contribution < 1.29 is 9.90 Å². The van der Waals surface area contributed by atoms with Crippen LogP contribution in [0.5, 0.6) is 0 Å². The molecule has 2 heterocycles. The molecule has 100 valence electrons. The summed E-state index contributed by atoms with van der Waals surface area (Å²) in [5, 5.41) is 9.93. The molecule has 0 radical (unpaired) electrons. The van der Waals surface area contributed by atoms with Crippen molar-refractivity contribution >= 4 is 22.6 Å². The molecule has 2 rings (SSSR count). The second-order valence-corrected chi connectivity index (χ2v) is 5.11. The van der Waals surface area contributed by atoms with Gasteiger partial charge in [-0.1, -0.05) is 6.92 Å². The highest BCUT2D eigenvalue weighted by molar-refractivity contribution is 7.09. The van der Waals surface area contributed by atoms with Gasteiger partial charge in [-0.2, -0.15) is 4.37 Å². The Labute approximate surface area is 110 Å². The van der Waals surface area contributed by atoms with E-state index < -0.39 is 12.0 Å². The first kappa shape index (κ1) is 13.2. The summed E-state index contributed by atoms with van der Waals surface area (Å²) in [4.78, 5) is 19.5. The van der Waals surface area contributed by atoms with Crippen LogP contribution in [0.2, 0.25) is 0 Å². The van der Waals surface area contributed by atoms with E-state index in [1.807, 2.05) is 11.8 Å². The molecule has 1 atom stereocenters. The maximum Gasteiger partial charge on any atom is 0.320 e. The molecule has 0 bridgehead atoms. The number of hydrogen-bond donors (Lipinski definition) is 1. The van der Waals surface area contributed by atoms with Crippen LogP contribution in [0, 0.1) is 0 Å². The van der Waals surface area contributed by atoms with Gasteiger partial charge in [0.1, 0.15) is 11.9 Å². The molecule has 7 heteroatoms. The molecule has 0 spiro atoms. The summed E-state index contributed by atoms with van der Waals surface area (Å²) >= 11 is 1.43. The van der Waals surface area contributed by atoms with E-state index in [9.17, 15) is 4.79 Å². The lowest BCUT2D eigenvalue weighted by Crippen LogP contribution is -2.51. The molecule has 0 aromatic carbocycles. The topological polar surface area (TPSA) is 69.6 Å². The number of nitrogens with zero attached hydrogens (tertiary/aromatic N) is 4. The van der Waals surface area contributed by atoms with E-state index in [2.05, 4.69) is 14.3 Å². The Kier molecular flexibility index (Phi) is 4.13. The summed E-state index contributed by atoms with van der Waals surface area (Å²) < 4.78 is 4.27. The van der Waals surface area contributed by atoms with E-state index in [1.165, 1.54) is 11.5 Å². The molecular weight excluding hydrogens is 252 g/mol. The summed E-state index contributed by atoms with van der Waals surface area (Å²) in [5.74, 6) is 0.129. The third-order valence-corrected chi connectivity index (χ3v) is 4.08. The number of aliphatic carboxylic acids is 1. The van der Waals surface area contributed by atoms with E-state index in [4.69, 9.17) is 5.11 Å². The number of aryl methyl sites for hydroxylation is 1. The van der Waals surface area contributed by atoms with Gasteiger partial charge in [-0.05, 0) is 6.92 Å². The molecule has 1 aliphatic rings. The number of carboxylic acids is 1. The van der Waals surface area contributed by atoms with Gasteiger partial charge in [0.15, 0.2) is 0 Å². The van der Waals surface area contributed by atoms with Crippen LogP contribution in [-0.4, -0.2) is 57.6 Å². The summed E-state index contributed by atoms with van der Waals surface area (Å²) in [7, 11) is 0. The van der Waals surface area contributed by atoms with Crippen molar-refractivity contribution in [1.29, 1.82) is 0 Å². The third kappa shape index (κ3) is 2.78. The monoisotopic (exact) mass is 270 g/mol. The standard InChI is InChI=1S/C11H18N4O2S/c1-3-9-12-11(18-13-9)15-6-4-14(5-7-15)8(2)10(16)17/h8H,3-7H2,1-2H3,(H,16,17)/t8-/m0/s1. The highest BCUT2D eigenvalue weighted by Gasteiger charge is 2.26.